The molecule has 10 nitrogen and oxygen atoms in total. The molecule has 32 heavy (non-hydrogen) atoms. The van der Waals surface area contributed by atoms with Crippen molar-refractivity contribution in [1.82, 2.24) is 5.32 Å². The van der Waals surface area contributed by atoms with Crippen molar-refractivity contribution in [2.24, 2.45) is 0 Å². The van der Waals surface area contributed by atoms with Crippen LogP contribution >= 0.6 is 0 Å². The van der Waals surface area contributed by atoms with Crippen LogP contribution in [0.25, 0.3) is 0 Å². The Bertz CT molecular complexity index is 1200. The van der Waals surface area contributed by atoms with Crippen LogP contribution < -0.4 is 10.6 Å². The molecule has 2 N–H and O–H groups in total. The first-order valence-corrected chi connectivity index (χ1v) is 9.47. The smallest absolute Gasteiger partial charge is 0.289 e. The highest BCUT2D eigenvalue weighted by atomic mass is 16.6. The summed E-state index contributed by atoms with van der Waals surface area (Å²) in [6, 6.07) is 17.9. The summed E-state index contributed by atoms with van der Waals surface area (Å²) in [6.45, 7) is 1.81. The minimum absolute atomic E-state index is 0.142. The van der Waals surface area contributed by atoms with E-state index in [4.69, 9.17) is 0 Å². The van der Waals surface area contributed by atoms with E-state index in [-0.39, 0.29) is 22.9 Å². The number of nitrogens with zero attached hydrogens (tertiary/aromatic N) is 2. The predicted molar refractivity (Wildman–Crippen MR) is 116 cm³/mol. The van der Waals surface area contributed by atoms with Crippen molar-refractivity contribution in [1.29, 1.82) is 0 Å². The van der Waals surface area contributed by atoms with E-state index in [9.17, 15) is 29.8 Å². The number of hydrogen-bond acceptors (Lipinski definition) is 6. The van der Waals surface area contributed by atoms with Crippen LogP contribution in [-0.4, -0.2) is 21.7 Å². The molecule has 3 aromatic rings. The van der Waals surface area contributed by atoms with Crippen molar-refractivity contribution in [3.05, 3.63) is 110 Å². The average molecular weight is 434 g/mol. The van der Waals surface area contributed by atoms with Crippen molar-refractivity contribution < 1.29 is 19.4 Å². The third kappa shape index (κ3) is 4.93. The molecule has 0 aliphatic rings. The van der Waals surface area contributed by atoms with Crippen molar-refractivity contribution in [3.8, 4) is 0 Å². The summed E-state index contributed by atoms with van der Waals surface area (Å²) in [5.74, 6) is -1.32. The number of nitrogens with one attached hydrogen (secondary N) is 2. The van der Waals surface area contributed by atoms with Gasteiger partial charge in [-0.2, -0.15) is 0 Å². The van der Waals surface area contributed by atoms with Crippen LogP contribution in [0.5, 0.6) is 0 Å². The van der Waals surface area contributed by atoms with E-state index in [1.807, 2.05) is 37.3 Å². The molecule has 3 rings (SSSR count). The van der Waals surface area contributed by atoms with Gasteiger partial charge in [0.25, 0.3) is 23.2 Å². The third-order valence-corrected chi connectivity index (χ3v) is 4.70. The molecule has 1 unspecified atom stereocenters. The lowest BCUT2D eigenvalue weighted by Gasteiger charge is -2.16. The summed E-state index contributed by atoms with van der Waals surface area (Å²) in [5, 5.41) is 27.6. The maximum absolute atomic E-state index is 12.8. The largest absolute Gasteiger partial charge is 0.345 e. The SMILES string of the molecule is CC(NC(=O)c1ccccc1NC(=O)c1ccc([N+](=O)[O-])cc1[N+](=O)[O-])c1ccccc1. The fourth-order valence-corrected chi connectivity index (χ4v) is 3.06. The van der Waals surface area contributed by atoms with E-state index < -0.39 is 33.0 Å². The van der Waals surface area contributed by atoms with Crippen LogP contribution in [0.15, 0.2) is 72.8 Å². The van der Waals surface area contributed by atoms with Crippen LogP contribution in [0, 0.1) is 20.2 Å². The first-order valence-electron chi connectivity index (χ1n) is 9.47. The Balaban J connectivity index is 1.85. The predicted octanol–water partition coefficient (Wildman–Crippen LogP) is 4.25. The number of benzene rings is 3. The van der Waals surface area contributed by atoms with Gasteiger partial charge in [-0.15, -0.1) is 0 Å². The van der Waals surface area contributed by atoms with Crippen LogP contribution in [0.3, 0.4) is 0 Å². The maximum Gasteiger partial charge on any atom is 0.289 e. The summed E-state index contributed by atoms with van der Waals surface area (Å²) in [6.07, 6.45) is 0. The van der Waals surface area contributed by atoms with E-state index >= 15 is 0 Å². The molecule has 10 heteroatoms. The second-order valence-corrected chi connectivity index (χ2v) is 6.82. The van der Waals surface area contributed by atoms with Gasteiger partial charge in [0.1, 0.15) is 5.56 Å². The Labute approximate surface area is 182 Å². The minimum Gasteiger partial charge on any atom is -0.345 e. The molecule has 0 spiro atoms. The Morgan fingerprint density at radius 1 is 0.812 bits per heavy atom. The van der Waals surface area contributed by atoms with Crippen LogP contribution in [-0.2, 0) is 0 Å². The lowest BCUT2D eigenvalue weighted by molar-refractivity contribution is -0.394. The van der Waals surface area contributed by atoms with Crippen LogP contribution in [0.2, 0.25) is 0 Å². The summed E-state index contributed by atoms with van der Waals surface area (Å²) in [5.41, 5.74) is -0.396. The van der Waals surface area contributed by atoms with Gasteiger partial charge in [-0.05, 0) is 30.7 Å². The van der Waals surface area contributed by atoms with Gasteiger partial charge in [-0.1, -0.05) is 42.5 Å². The van der Waals surface area contributed by atoms with Gasteiger partial charge < -0.3 is 10.6 Å². The zero-order chi connectivity index (χ0) is 23.3. The zero-order valence-electron chi connectivity index (χ0n) is 16.8. The number of carbonyl (C=O) groups excluding carboxylic acids is 2. The molecule has 0 heterocycles. The molecule has 0 saturated carbocycles. The van der Waals surface area contributed by atoms with Gasteiger partial charge in [0.2, 0.25) is 0 Å². The summed E-state index contributed by atoms with van der Waals surface area (Å²) in [4.78, 5) is 46.1. The van der Waals surface area contributed by atoms with Gasteiger partial charge in [0.05, 0.1) is 33.2 Å². The number of amides is 2. The molecule has 0 aliphatic carbocycles. The highest BCUT2D eigenvalue weighted by molar-refractivity contribution is 6.10. The van der Waals surface area contributed by atoms with Gasteiger partial charge in [0.15, 0.2) is 0 Å². The molecule has 0 saturated heterocycles. The summed E-state index contributed by atoms with van der Waals surface area (Å²) >= 11 is 0. The quantitative estimate of drug-likeness (QED) is 0.420. The number of nitro benzene ring substituents is 2. The van der Waals surface area contributed by atoms with Gasteiger partial charge in [-0.25, -0.2) is 0 Å². The normalized spacial score (nSPS) is 11.3. The van der Waals surface area contributed by atoms with Crippen molar-refractivity contribution in [2.45, 2.75) is 13.0 Å². The first-order chi connectivity index (χ1) is 15.3. The summed E-state index contributed by atoms with van der Waals surface area (Å²) in [7, 11) is 0. The number of nitro groups is 2. The molecule has 3 aromatic carbocycles. The monoisotopic (exact) mass is 434 g/mol. The molecular formula is C22H18N4O6. The van der Waals surface area contributed by atoms with Gasteiger partial charge in [-0.3, -0.25) is 29.8 Å². The number of anilines is 1. The van der Waals surface area contributed by atoms with Gasteiger partial charge >= 0.3 is 0 Å². The second-order valence-electron chi connectivity index (χ2n) is 6.82. The van der Waals surface area contributed by atoms with Crippen molar-refractivity contribution >= 4 is 28.9 Å². The zero-order valence-corrected chi connectivity index (χ0v) is 16.8. The minimum atomic E-state index is -0.873. The Kier molecular flexibility index (Phi) is 6.54. The fourth-order valence-electron chi connectivity index (χ4n) is 3.06. The molecule has 1 atom stereocenters. The lowest BCUT2D eigenvalue weighted by atomic mass is 10.1. The highest BCUT2D eigenvalue weighted by Gasteiger charge is 2.25. The van der Waals surface area contributed by atoms with E-state index in [0.29, 0.717) is 0 Å². The van der Waals surface area contributed by atoms with E-state index in [0.717, 1.165) is 23.8 Å². The molecule has 0 aliphatic heterocycles. The van der Waals surface area contributed by atoms with Crippen molar-refractivity contribution in [2.75, 3.05) is 5.32 Å². The molecule has 0 radical (unpaired) electrons. The molecule has 2 amide bonds. The fraction of sp³-hybridized carbons (Fsp3) is 0.0909. The molecule has 0 aromatic heterocycles. The topological polar surface area (TPSA) is 144 Å². The molecular weight excluding hydrogens is 416 g/mol. The Morgan fingerprint density at radius 2 is 1.47 bits per heavy atom. The third-order valence-electron chi connectivity index (χ3n) is 4.70. The molecule has 0 bridgehead atoms. The Hall–Kier alpha value is -4.60. The number of hydrogen-bond donors (Lipinski definition) is 2. The van der Waals surface area contributed by atoms with E-state index in [1.54, 1.807) is 12.1 Å². The Morgan fingerprint density at radius 3 is 2.12 bits per heavy atom. The van der Waals surface area contributed by atoms with Crippen LogP contribution in [0.4, 0.5) is 17.1 Å². The number of carbonyl (C=O) groups is 2. The number of rotatable bonds is 7. The molecule has 162 valence electrons. The maximum atomic E-state index is 12.8. The summed E-state index contributed by atoms with van der Waals surface area (Å²) < 4.78 is 0. The molecule has 0 fully saturated rings. The van der Waals surface area contributed by atoms with Crippen LogP contribution in [0.1, 0.15) is 39.2 Å². The average Bonchev–Trinajstić information content (AvgIpc) is 2.79. The number of non-ortho nitro benzene ring substituents is 1. The van der Waals surface area contributed by atoms with E-state index in [1.165, 1.54) is 12.1 Å². The highest BCUT2D eigenvalue weighted by Crippen LogP contribution is 2.26. The first kappa shape index (κ1) is 22.1. The van der Waals surface area contributed by atoms with Gasteiger partial charge in [0, 0.05) is 6.07 Å². The lowest BCUT2D eigenvalue weighted by Crippen LogP contribution is -2.28. The van der Waals surface area contributed by atoms with E-state index in [2.05, 4.69) is 10.6 Å². The number of para-hydroxylation sites is 1. The van der Waals surface area contributed by atoms with Crippen molar-refractivity contribution in [3.63, 3.8) is 0 Å². The standard InChI is InChI=1S/C22H18N4O6/c1-14(15-7-3-2-4-8-15)23-21(27)17-9-5-6-10-19(17)24-22(28)18-12-11-16(25(29)30)13-20(18)26(31)32/h2-14H,1H3,(H,23,27)(H,24,28). The second kappa shape index (κ2) is 9.47.